The normalized spacial score (nSPS) is 11.9. The lowest BCUT2D eigenvalue weighted by Crippen LogP contribution is -1.80. The van der Waals surface area contributed by atoms with Gasteiger partial charge in [-0.15, -0.1) is 0 Å². The summed E-state index contributed by atoms with van der Waals surface area (Å²) < 4.78 is 0. The van der Waals surface area contributed by atoms with E-state index in [0.717, 1.165) is 0 Å². The summed E-state index contributed by atoms with van der Waals surface area (Å²) >= 11 is 3.47. The van der Waals surface area contributed by atoms with Crippen LogP contribution in [-0.2, 0) is 0 Å². The topological polar surface area (TPSA) is 0 Å². The molecule has 106 valence electrons. The second-order valence-corrected chi connectivity index (χ2v) is 5.74. The van der Waals surface area contributed by atoms with E-state index in [4.69, 9.17) is 0 Å². The van der Waals surface area contributed by atoms with Crippen LogP contribution in [0, 0.1) is 0 Å². The molecule has 0 aliphatic carbocycles. The van der Waals surface area contributed by atoms with Crippen LogP contribution in [0.2, 0.25) is 0 Å². The van der Waals surface area contributed by atoms with Crippen LogP contribution in [0.15, 0.2) is 24.3 Å². The molecular weight excluding hydrogens is 284 g/mol. The molecule has 0 saturated carbocycles. The maximum Gasteiger partial charge on any atom is 0.00313 e. The summed E-state index contributed by atoms with van der Waals surface area (Å²) in [5, 5.41) is 1.17. The molecule has 0 nitrogen and oxygen atoms in total. The number of allylic oxidation sites excluding steroid dienone is 4. The Balaban J connectivity index is 3.10. The predicted octanol–water partition coefficient (Wildman–Crippen LogP) is 6.80. The second-order valence-electron chi connectivity index (χ2n) is 4.95. The van der Waals surface area contributed by atoms with Crippen LogP contribution in [0.5, 0.6) is 0 Å². The highest BCUT2D eigenvalue weighted by molar-refractivity contribution is 9.09. The van der Waals surface area contributed by atoms with Gasteiger partial charge in [0.05, 0.1) is 0 Å². The van der Waals surface area contributed by atoms with E-state index in [1.807, 2.05) is 0 Å². The lowest BCUT2D eigenvalue weighted by molar-refractivity contribution is 0.594. The summed E-state index contributed by atoms with van der Waals surface area (Å²) in [7, 11) is 0. The lowest BCUT2D eigenvalue weighted by atomic mass is 10.1. The van der Waals surface area contributed by atoms with Crippen LogP contribution in [0.3, 0.4) is 0 Å². The molecular formula is C17H31Br. The number of rotatable bonds is 13. The van der Waals surface area contributed by atoms with E-state index in [9.17, 15) is 0 Å². The van der Waals surface area contributed by atoms with Crippen molar-refractivity contribution in [2.24, 2.45) is 0 Å². The summed E-state index contributed by atoms with van der Waals surface area (Å²) in [5.41, 5.74) is 0. The molecule has 0 aromatic heterocycles. The molecule has 0 unspecified atom stereocenters. The molecule has 1 heteroatoms. The van der Waals surface area contributed by atoms with Crippen molar-refractivity contribution in [1.29, 1.82) is 0 Å². The average molecular weight is 315 g/mol. The molecule has 0 atom stereocenters. The summed E-state index contributed by atoms with van der Waals surface area (Å²) in [5.74, 6) is 0. The van der Waals surface area contributed by atoms with Gasteiger partial charge in [-0.2, -0.15) is 0 Å². The van der Waals surface area contributed by atoms with Gasteiger partial charge in [0, 0.05) is 5.33 Å². The van der Waals surface area contributed by atoms with Gasteiger partial charge in [-0.05, 0) is 25.7 Å². The van der Waals surface area contributed by atoms with Crippen molar-refractivity contribution in [2.75, 3.05) is 5.33 Å². The fourth-order valence-corrected chi connectivity index (χ4v) is 2.31. The summed E-state index contributed by atoms with van der Waals surface area (Å²) in [6.07, 6.45) is 23.9. The first-order valence-electron chi connectivity index (χ1n) is 7.79. The molecule has 0 aliphatic rings. The van der Waals surface area contributed by atoms with Crippen LogP contribution in [0.4, 0.5) is 0 Å². The SMILES string of the molecule is CCCCC=CC=CCCCCCCCCCBr. The Morgan fingerprint density at radius 1 is 0.667 bits per heavy atom. The van der Waals surface area contributed by atoms with E-state index >= 15 is 0 Å². The van der Waals surface area contributed by atoms with E-state index < -0.39 is 0 Å². The Labute approximate surface area is 123 Å². The summed E-state index contributed by atoms with van der Waals surface area (Å²) in [6.45, 7) is 2.24. The third-order valence-corrected chi connectivity index (χ3v) is 3.67. The van der Waals surface area contributed by atoms with Crippen LogP contribution in [0.1, 0.15) is 77.6 Å². The Hall–Kier alpha value is -0.0400. The Kier molecular flexibility index (Phi) is 16.9. The minimum Gasteiger partial charge on any atom is -0.0928 e. The van der Waals surface area contributed by atoms with Crippen molar-refractivity contribution in [3.8, 4) is 0 Å². The highest BCUT2D eigenvalue weighted by Gasteiger charge is 1.90. The molecule has 0 saturated heterocycles. The maximum atomic E-state index is 3.47. The highest BCUT2D eigenvalue weighted by Crippen LogP contribution is 2.09. The van der Waals surface area contributed by atoms with Gasteiger partial charge in [-0.25, -0.2) is 0 Å². The van der Waals surface area contributed by atoms with E-state index in [1.165, 1.54) is 76.0 Å². The van der Waals surface area contributed by atoms with Crippen LogP contribution >= 0.6 is 15.9 Å². The molecule has 0 aromatic rings. The van der Waals surface area contributed by atoms with Crippen molar-refractivity contribution < 1.29 is 0 Å². The predicted molar refractivity (Wildman–Crippen MR) is 88.5 cm³/mol. The van der Waals surface area contributed by atoms with Gasteiger partial charge >= 0.3 is 0 Å². The number of halogens is 1. The van der Waals surface area contributed by atoms with E-state index in [1.54, 1.807) is 0 Å². The number of alkyl halides is 1. The van der Waals surface area contributed by atoms with E-state index in [0.29, 0.717) is 0 Å². The smallest absolute Gasteiger partial charge is 0.00313 e. The minimum absolute atomic E-state index is 1.17. The van der Waals surface area contributed by atoms with Gasteiger partial charge in [0.2, 0.25) is 0 Å². The Morgan fingerprint density at radius 2 is 1.17 bits per heavy atom. The third-order valence-electron chi connectivity index (χ3n) is 3.11. The molecule has 18 heavy (non-hydrogen) atoms. The Bertz CT molecular complexity index is 194. The summed E-state index contributed by atoms with van der Waals surface area (Å²) in [6, 6.07) is 0. The molecule has 0 N–H and O–H groups in total. The molecule has 0 fully saturated rings. The quantitative estimate of drug-likeness (QED) is 0.199. The zero-order chi connectivity index (χ0) is 13.3. The van der Waals surface area contributed by atoms with Gasteiger partial charge in [0.25, 0.3) is 0 Å². The molecule has 0 aliphatic heterocycles. The van der Waals surface area contributed by atoms with Crippen LogP contribution in [0.25, 0.3) is 0 Å². The van der Waals surface area contributed by atoms with Crippen molar-refractivity contribution >= 4 is 15.9 Å². The van der Waals surface area contributed by atoms with E-state index in [2.05, 4.69) is 47.2 Å². The molecule has 0 amide bonds. The largest absolute Gasteiger partial charge is 0.0928 e. The Morgan fingerprint density at radius 3 is 1.72 bits per heavy atom. The fourth-order valence-electron chi connectivity index (χ4n) is 1.91. The van der Waals surface area contributed by atoms with Crippen molar-refractivity contribution in [3.63, 3.8) is 0 Å². The third kappa shape index (κ3) is 16.0. The average Bonchev–Trinajstić information content (AvgIpc) is 2.39. The first-order chi connectivity index (χ1) is 8.91. The molecule has 0 spiro atoms. The monoisotopic (exact) mass is 314 g/mol. The van der Waals surface area contributed by atoms with Gasteiger partial charge < -0.3 is 0 Å². The van der Waals surface area contributed by atoms with Gasteiger partial charge in [-0.3, -0.25) is 0 Å². The van der Waals surface area contributed by atoms with Crippen molar-refractivity contribution in [1.82, 2.24) is 0 Å². The second kappa shape index (κ2) is 17.0. The minimum atomic E-state index is 1.17. The molecule has 0 aromatic carbocycles. The first kappa shape index (κ1) is 18.0. The van der Waals surface area contributed by atoms with Gasteiger partial charge in [0.15, 0.2) is 0 Å². The van der Waals surface area contributed by atoms with Crippen molar-refractivity contribution in [3.05, 3.63) is 24.3 Å². The van der Waals surface area contributed by atoms with Crippen LogP contribution in [-0.4, -0.2) is 5.33 Å². The number of hydrogen-bond donors (Lipinski definition) is 0. The standard InChI is InChI=1S/C17H31Br/c1-2-3-4-5-6-7-8-9-10-11-12-13-14-15-16-17-18/h5-8H,2-4,9-17H2,1H3. The van der Waals surface area contributed by atoms with E-state index in [-0.39, 0.29) is 0 Å². The van der Waals surface area contributed by atoms with Gasteiger partial charge in [0.1, 0.15) is 0 Å². The summed E-state index contributed by atoms with van der Waals surface area (Å²) in [4.78, 5) is 0. The molecule has 0 heterocycles. The lowest BCUT2D eigenvalue weighted by Gasteiger charge is -1.99. The van der Waals surface area contributed by atoms with Crippen LogP contribution < -0.4 is 0 Å². The molecule has 0 radical (unpaired) electrons. The first-order valence-corrected chi connectivity index (χ1v) is 8.91. The number of unbranched alkanes of at least 4 members (excludes halogenated alkanes) is 9. The molecule has 0 bridgehead atoms. The fraction of sp³-hybridized carbons (Fsp3) is 0.765. The highest BCUT2D eigenvalue weighted by atomic mass is 79.9. The number of hydrogen-bond acceptors (Lipinski definition) is 0. The maximum absolute atomic E-state index is 3.47. The van der Waals surface area contributed by atoms with Crippen molar-refractivity contribution in [2.45, 2.75) is 77.6 Å². The molecule has 0 rings (SSSR count). The van der Waals surface area contributed by atoms with Gasteiger partial charge in [-0.1, -0.05) is 92.1 Å². The zero-order valence-electron chi connectivity index (χ0n) is 12.2. The zero-order valence-corrected chi connectivity index (χ0v) is 13.8.